The van der Waals surface area contributed by atoms with Crippen molar-refractivity contribution < 1.29 is 9.59 Å². The fourth-order valence-electron chi connectivity index (χ4n) is 3.11. The lowest BCUT2D eigenvalue weighted by molar-refractivity contribution is 0.0693. The lowest BCUT2D eigenvalue weighted by atomic mass is 10.1. The third-order valence-electron chi connectivity index (χ3n) is 4.32. The molecule has 0 radical (unpaired) electrons. The highest BCUT2D eigenvalue weighted by Crippen LogP contribution is 2.27. The topological polar surface area (TPSA) is 49.4 Å². The van der Waals surface area contributed by atoms with E-state index in [4.69, 9.17) is 0 Å². The number of nitrogens with zero attached hydrogens (tertiary/aromatic N) is 1. The van der Waals surface area contributed by atoms with Gasteiger partial charge >= 0.3 is 0 Å². The van der Waals surface area contributed by atoms with E-state index in [0.717, 1.165) is 5.69 Å². The molecule has 1 aromatic rings. The molecule has 0 unspecified atom stereocenters. The van der Waals surface area contributed by atoms with Crippen LogP contribution in [0, 0.1) is 0 Å². The van der Waals surface area contributed by atoms with Crippen molar-refractivity contribution >= 4 is 17.5 Å². The minimum absolute atomic E-state index is 0.200. The molecular formula is C16H20N2O2. The normalized spacial score (nSPS) is 19.9. The van der Waals surface area contributed by atoms with Crippen LogP contribution in [0.25, 0.3) is 0 Å². The molecule has 4 heteroatoms. The number of amides is 2. The number of benzene rings is 1. The summed E-state index contributed by atoms with van der Waals surface area (Å²) in [6, 6.07) is 5.98. The maximum atomic E-state index is 12.0. The monoisotopic (exact) mass is 272 g/mol. The Morgan fingerprint density at radius 1 is 1.00 bits per heavy atom. The van der Waals surface area contributed by atoms with E-state index in [-0.39, 0.29) is 11.8 Å². The number of rotatable bonds is 2. The number of fused-ring (bicyclic) bond motifs is 1. The molecule has 0 atom stereocenters. The number of imide groups is 1. The predicted octanol–water partition coefficient (Wildman–Crippen LogP) is 3.05. The van der Waals surface area contributed by atoms with E-state index in [1.807, 2.05) is 12.1 Å². The fourth-order valence-corrected chi connectivity index (χ4v) is 3.11. The SMILES string of the molecule is CN1C(=O)c2ccc(NC3CCCCCC3)cc2C1=O. The molecule has 0 spiro atoms. The summed E-state index contributed by atoms with van der Waals surface area (Å²) in [5, 5.41) is 3.52. The molecule has 3 rings (SSSR count). The van der Waals surface area contributed by atoms with E-state index in [2.05, 4.69) is 5.32 Å². The summed E-state index contributed by atoms with van der Waals surface area (Å²) in [6.07, 6.45) is 7.54. The van der Waals surface area contributed by atoms with Crippen LogP contribution >= 0.6 is 0 Å². The summed E-state index contributed by atoms with van der Waals surface area (Å²) in [7, 11) is 1.53. The lowest BCUT2D eigenvalue weighted by Gasteiger charge is -2.17. The van der Waals surface area contributed by atoms with Crippen molar-refractivity contribution in [2.45, 2.75) is 44.6 Å². The Balaban J connectivity index is 1.79. The third kappa shape index (κ3) is 2.30. The van der Waals surface area contributed by atoms with E-state index in [1.165, 1.54) is 50.5 Å². The van der Waals surface area contributed by atoms with Gasteiger partial charge < -0.3 is 5.32 Å². The van der Waals surface area contributed by atoms with Gasteiger partial charge in [0.05, 0.1) is 11.1 Å². The highest BCUT2D eigenvalue weighted by molar-refractivity contribution is 6.21. The molecule has 1 N–H and O–H groups in total. The second-order valence-electron chi connectivity index (χ2n) is 5.76. The van der Waals surface area contributed by atoms with Crippen LogP contribution in [-0.4, -0.2) is 29.8 Å². The highest BCUT2D eigenvalue weighted by atomic mass is 16.2. The number of anilines is 1. The number of hydrogen-bond donors (Lipinski definition) is 1. The van der Waals surface area contributed by atoms with Crippen LogP contribution in [0.5, 0.6) is 0 Å². The van der Waals surface area contributed by atoms with Crippen molar-refractivity contribution in [1.82, 2.24) is 4.90 Å². The van der Waals surface area contributed by atoms with Gasteiger partial charge in [-0.05, 0) is 31.0 Å². The first kappa shape index (κ1) is 13.2. The van der Waals surface area contributed by atoms with Crippen molar-refractivity contribution in [3.8, 4) is 0 Å². The van der Waals surface area contributed by atoms with Crippen molar-refractivity contribution in [2.24, 2.45) is 0 Å². The van der Waals surface area contributed by atoms with Crippen LogP contribution in [0.15, 0.2) is 18.2 Å². The van der Waals surface area contributed by atoms with Crippen LogP contribution in [0.1, 0.15) is 59.2 Å². The Bertz CT molecular complexity index is 545. The molecule has 0 bridgehead atoms. The molecule has 2 amide bonds. The summed E-state index contributed by atoms with van der Waals surface area (Å²) in [5.41, 5.74) is 1.99. The van der Waals surface area contributed by atoms with Gasteiger partial charge in [0.25, 0.3) is 11.8 Å². The Hall–Kier alpha value is -1.84. The maximum Gasteiger partial charge on any atom is 0.261 e. The minimum atomic E-state index is -0.203. The smallest absolute Gasteiger partial charge is 0.261 e. The Kier molecular flexibility index (Phi) is 3.47. The molecule has 1 heterocycles. The van der Waals surface area contributed by atoms with E-state index in [9.17, 15) is 9.59 Å². The molecule has 4 nitrogen and oxygen atoms in total. The van der Waals surface area contributed by atoms with E-state index in [0.29, 0.717) is 17.2 Å². The van der Waals surface area contributed by atoms with Crippen LogP contribution in [0.3, 0.4) is 0 Å². The second kappa shape index (κ2) is 5.27. The summed E-state index contributed by atoms with van der Waals surface area (Å²) < 4.78 is 0. The molecule has 2 aliphatic rings. The van der Waals surface area contributed by atoms with E-state index in [1.54, 1.807) is 6.07 Å². The van der Waals surface area contributed by atoms with Gasteiger partial charge in [-0.1, -0.05) is 25.7 Å². The largest absolute Gasteiger partial charge is 0.382 e. The van der Waals surface area contributed by atoms with Gasteiger partial charge in [-0.2, -0.15) is 0 Å². The van der Waals surface area contributed by atoms with Gasteiger partial charge in [0.15, 0.2) is 0 Å². The van der Waals surface area contributed by atoms with Crippen LogP contribution in [0.4, 0.5) is 5.69 Å². The minimum Gasteiger partial charge on any atom is -0.382 e. The molecular weight excluding hydrogens is 252 g/mol. The predicted molar refractivity (Wildman–Crippen MR) is 78.0 cm³/mol. The zero-order chi connectivity index (χ0) is 14.1. The fraction of sp³-hybridized carbons (Fsp3) is 0.500. The maximum absolute atomic E-state index is 12.0. The summed E-state index contributed by atoms with van der Waals surface area (Å²) in [4.78, 5) is 25.0. The number of nitrogens with one attached hydrogen (secondary N) is 1. The van der Waals surface area contributed by atoms with Gasteiger partial charge in [0.1, 0.15) is 0 Å². The van der Waals surface area contributed by atoms with Crippen molar-refractivity contribution in [3.05, 3.63) is 29.3 Å². The number of hydrogen-bond acceptors (Lipinski definition) is 3. The average molecular weight is 272 g/mol. The summed E-state index contributed by atoms with van der Waals surface area (Å²) in [6.45, 7) is 0. The summed E-state index contributed by atoms with van der Waals surface area (Å²) >= 11 is 0. The molecule has 1 aromatic carbocycles. The highest BCUT2D eigenvalue weighted by Gasteiger charge is 2.32. The lowest BCUT2D eigenvalue weighted by Crippen LogP contribution is -2.24. The molecule has 1 aliphatic carbocycles. The van der Waals surface area contributed by atoms with Gasteiger partial charge in [-0.15, -0.1) is 0 Å². The molecule has 1 saturated carbocycles. The molecule has 106 valence electrons. The zero-order valence-electron chi connectivity index (χ0n) is 11.8. The van der Waals surface area contributed by atoms with Crippen molar-refractivity contribution in [2.75, 3.05) is 12.4 Å². The van der Waals surface area contributed by atoms with Gasteiger partial charge in [-0.3, -0.25) is 14.5 Å². The Morgan fingerprint density at radius 3 is 2.35 bits per heavy atom. The van der Waals surface area contributed by atoms with E-state index < -0.39 is 0 Å². The molecule has 1 fully saturated rings. The van der Waals surface area contributed by atoms with Crippen molar-refractivity contribution in [1.29, 1.82) is 0 Å². The van der Waals surface area contributed by atoms with Crippen LogP contribution in [0.2, 0.25) is 0 Å². The van der Waals surface area contributed by atoms with E-state index >= 15 is 0 Å². The first-order valence-corrected chi connectivity index (χ1v) is 7.40. The van der Waals surface area contributed by atoms with Gasteiger partial charge in [0.2, 0.25) is 0 Å². The number of carbonyl (C=O) groups is 2. The van der Waals surface area contributed by atoms with Crippen LogP contribution in [-0.2, 0) is 0 Å². The Labute approximate surface area is 119 Å². The zero-order valence-corrected chi connectivity index (χ0v) is 11.8. The molecule has 20 heavy (non-hydrogen) atoms. The molecule has 0 saturated heterocycles. The number of carbonyl (C=O) groups excluding carboxylic acids is 2. The summed E-state index contributed by atoms with van der Waals surface area (Å²) in [5.74, 6) is -0.402. The van der Waals surface area contributed by atoms with Crippen LogP contribution < -0.4 is 5.32 Å². The average Bonchev–Trinajstić information content (AvgIpc) is 2.68. The Morgan fingerprint density at radius 2 is 1.65 bits per heavy atom. The second-order valence-corrected chi connectivity index (χ2v) is 5.76. The standard InChI is InChI=1S/C16H20N2O2/c1-18-15(19)13-9-8-12(10-14(13)16(18)20)17-11-6-4-2-3-5-7-11/h8-11,17H,2-7H2,1H3. The third-order valence-corrected chi connectivity index (χ3v) is 4.32. The quantitative estimate of drug-likeness (QED) is 0.665. The molecule has 0 aromatic heterocycles. The first-order valence-electron chi connectivity index (χ1n) is 7.40. The van der Waals surface area contributed by atoms with Gasteiger partial charge in [0, 0.05) is 18.8 Å². The first-order chi connectivity index (χ1) is 9.66. The molecule has 1 aliphatic heterocycles. The van der Waals surface area contributed by atoms with Crippen molar-refractivity contribution in [3.63, 3.8) is 0 Å². The van der Waals surface area contributed by atoms with Gasteiger partial charge in [-0.25, -0.2) is 0 Å².